The third-order valence-electron chi connectivity index (χ3n) is 14.6. The minimum atomic E-state index is 0.434. The van der Waals surface area contributed by atoms with Crippen LogP contribution >= 0.6 is 0 Å². The first-order valence-electron chi connectivity index (χ1n) is 20.5. The van der Waals surface area contributed by atoms with Gasteiger partial charge in [-0.25, -0.2) is 0 Å². The van der Waals surface area contributed by atoms with E-state index in [9.17, 15) is 0 Å². The molecule has 1 heterocycles. The van der Waals surface area contributed by atoms with Crippen LogP contribution in [0.1, 0.15) is 96.0 Å². The van der Waals surface area contributed by atoms with Gasteiger partial charge in [0.15, 0.2) is 0 Å². The molecule has 1 saturated carbocycles. The van der Waals surface area contributed by atoms with Crippen molar-refractivity contribution in [2.45, 2.75) is 96.4 Å². The lowest BCUT2D eigenvalue weighted by molar-refractivity contribution is 0.152. The molecule has 0 saturated heterocycles. The molecule has 8 aliphatic carbocycles. The van der Waals surface area contributed by atoms with Gasteiger partial charge in [-0.05, 0) is 152 Å². The standard InChI is InChI=1S/C49H55N/c1-32-14-5-6-17-38(32)36-28-35(33-15-3-2-4-16-33)29-37(30-36)50-47-24-12-11-22-45(47)49-39(23-13-25-48(49)50)34-26-27-44-42-20-8-7-18-40(42)41-19-9-10-21-43(41)46(44)31-34/h2-7,12-13,15-18,24-25,27,29-30,32,34,36,39,41,43,45-47H,8-11,14,19-23,26,28,31H2,1H3/t32-,34?,36?,39?,41?,43?,45?,46?,47?/m1/s1. The first kappa shape index (κ1) is 31.2. The number of nitrogens with zero attached hydrogens (tertiary/aromatic N) is 1. The van der Waals surface area contributed by atoms with Gasteiger partial charge in [0.05, 0.1) is 6.04 Å². The number of hydrogen-bond acceptors (Lipinski definition) is 1. The first-order valence-corrected chi connectivity index (χ1v) is 20.5. The number of rotatable bonds is 4. The Morgan fingerprint density at radius 2 is 1.72 bits per heavy atom. The Kier molecular flexibility index (Phi) is 8.03. The van der Waals surface area contributed by atoms with Gasteiger partial charge >= 0.3 is 0 Å². The highest BCUT2D eigenvalue weighted by molar-refractivity contribution is 5.71. The molecule has 1 aliphatic heterocycles. The van der Waals surface area contributed by atoms with Gasteiger partial charge in [0.2, 0.25) is 0 Å². The highest BCUT2D eigenvalue weighted by Crippen LogP contribution is 2.58. The summed E-state index contributed by atoms with van der Waals surface area (Å²) in [5.74, 6) is 5.58. The number of hydrogen-bond donors (Lipinski definition) is 0. The van der Waals surface area contributed by atoms with Crippen molar-refractivity contribution in [3.63, 3.8) is 0 Å². The molecule has 9 aliphatic rings. The Hall–Kier alpha value is -3.58. The Balaban J connectivity index is 1.04. The van der Waals surface area contributed by atoms with E-state index in [1.54, 1.807) is 28.0 Å². The van der Waals surface area contributed by atoms with E-state index < -0.39 is 0 Å². The van der Waals surface area contributed by atoms with Gasteiger partial charge < -0.3 is 4.90 Å². The maximum atomic E-state index is 2.82. The smallest absolute Gasteiger partial charge is 0.0588 e. The molecule has 0 aromatic heterocycles. The van der Waals surface area contributed by atoms with Crippen molar-refractivity contribution in [3.05, 3.63) is 148 Å². The molecule has 0 amide bonds. The molecule has 9 atom stereocenters. The molecule has 0 spiro atoms. The lowest BCUT2D eigenvalue weighted by Crippen LogP contribution is -2.39. The highest BCUT2D eigenvalue weighted by Gasteiger charge is 2.49. The molecule has 1 aromatic rings. The Morgan fingerprint density at radius 1 is 0.800 bits per heavy atom. The normalized spacial score (nSPS) is 37.2. The van der Waals surface area contributed by atoms with Gasteiger partial charge in [-0.3, -0.25) is 0 Å². The maximum Gasteiger partial charge on any atom is 0.0588 e. The third kappa shape index (κ3) is 5.16. The summed E-state index contributed by atoms with van der Waals surface area (Å²) in [6, 6.07) is 11.7. The largest absolute Gasteiger partial charge is 0.334 e. The lowest BCUT2D eigenvalue weighted by atomic mass is 9.55. The van der Waals surface area contributed by atoms with Crippen molar-refractivity contribution in [1.29, 1.82) is 0 Å². The zero-order chi connectivity index (χ0) is 33.2. The van der Waals surface area contributed by atoms with E-state index in [4.69, 9.17) is 0 Å². The van der Waals surface area contributed by atoms with Crippen molar-refractivity contribution in [3.8, 4) is 0 Å². The first-order chi connectivity index (χ1) is 24.7. The fourth-order valence-electron chi connectivity index (χ4n) is 12.4. The van der Waals surface area contributed by atoms with Crippen LogP contribution in [0.2, 0.25) is 0 Å². The number of fused-ring (bicyclic) bond motifs is 7. The van der Waals surface area contributed by atoms with Crippen LogP contribution in [-0.4, -0.2) is 10.9 Å². The Labute approximate surface area is 301 Å². The van der Waals surface area contributed by atoms with E-state index >= 15 is 0 Å². The highest BCUT2D eigenvalue weighted by atomic mass is 15.2. The molecule has 0 radical (unpaired) electrons. The van der Waals surface area contributed by atoms with Crippen LogP contribution in [0, 0.1) is 47.3 Å². The molecule has 8 unspecified atom stereocenters. The predicted molar refractivity (Wildman–Crippen MR) is 209 cm³/mol. The molecule has 0 bridgehead atoms. The molecule has 1 heteroatoms. The van der Waals surface area contributed by atoms with E-state index in [1.165, 1.54) is 87.5 Å². The molecule has 50 heavy (non-hydrogen) atoms. The monoisotopic (exact) mass is 657 g/mol. The molecular weight excluding hydrogens is 603 g/mol. The molecule has 1 aromatic carbocycles. The molecule has 10 rings (SSSR count). The van der Waals surface area contributed by atoms with Gasteiger partial charge in [0.25, 0.3) is 0 Å². The predicted octanol–water partition coefficient (Wildman–Crippen LogP) is 12.4. The van der Waals surface area contributed by atoms with Crippen LogP contribution < -0.4 is 0 Å². The van der Waals surface area contributed by atoms with Crippen molar-refractivity contribution in [1.82, 2.24) is 4.90 Å². The SMILES string of the molecule is C[C@@H]1CC=CC=C1C1C=C(N2C3=C(C(C4CC=C5C6=C(C=CCC6)C6CCCCC6C5C4)CC=C3)C3CCC=CC32)C=C(c2ccccc2)C1. The average molecular weight is 658 g/mol. The van der Waals surface area contributed by atoms with Crippen LogP contribution in [-0.2, 0) is 0 Å². The van der Waals surface area contributed by atoms with Crippen LogP contribution in [0.15, 0.2) is 143 Å². The van der Waals surface area contributed by atoms with Crippen molar-refractivity contribution >= 4 is 5.57 Å². The second-order valence-electron chi connectivity index (χ2n) is 17.2. The zero-order valence-electron chi connectivity index (χ0n) is 30.2. The van der Waals surface area contributed by atoms with E-state index in [2.05, 4.69) is 115 Å². The van der Waals surface area contributed by atoms with Crippen molar-refractivity contribution in [2.75, 3.05) is 0 Å². The van der Waals surface area contributed by atoms with Gasteiger partial charge in [-0.2, -0.15) is 0 Å². The van der Waals surface area contributed by atoms with Crippen LogP contribution in [0.4, 0.5) is 0 Å². The summed E-state index contributed by atoms with van der Waals surface area (Å²) >= 11 is 0. The zero-order valence-corrected chi connectivity index (χ0v) is 30.2. The van der Waals surface area contributed by atoms with Crippen LogP contribution in [0.25, 0.3) is 5.57 Å². The summed E-state index contributed by atoms with van der Waals surface area (Å²) in [4.78, 5) is 2.82. The fraction of sp³-hybridized carbons (Fsp3) is 0.469. The molecule has 1 fully saturated rings. The van der Waals surface area contributed by atoms with E-state index in [0.717, 1.165) is 36.5 Å². The van der Waals surface area contributed by atoms with Gasteiger partial charge in [-0.15, -0.1) is 0 Å². The van der Waals surface area contributed by atoms with E-state index in [-0.39, 0.29) is 0 Å². The van der Waals surface area contributed by atoms with Gasteiger partial charge in [-0.1, -0.05) is 116 Å². The summed E-state index contributed by atoms with van der Waals surface area (Å²) in [5, 5.41) is 0. The minimum absolute atomic E-state index is 0.434. The van der Waals surface area contributed by atoms with Crippen molar-refractivity contribution in [2.24, 2.45) is 47.3 Å². The molecular formula is C49H55N. The van der Waals surface area contributed by atoms with Gasteiger partial charge in [0, 0.05) is 23.2 Å². The van der Waals surface area contributed by atoms with Crippen molar-refractivity contribution < 1.29 is 0 Å². The minimum Gasteiger partial charge on any atom is -0.334 e. The second kappa shape index (κ2) is 12.9. The quantitative estimate of drug-likeness (QED) is 0.291. The summed E-state index contributed by atoms with van der Waals surface area (Å²) in [6.07, 6.45) is 47.3. The van der Waals surface area contributed by atoms with Crippen LogP contribution in [0.5, 0.6) is 0 Å². The molecule has 1 nitrogen and oxygen atoms in total. The van der Waals surface area contributed by atoms with E-state index in [0.29, 0.717) is 29.7 Å². The summed E-state index contributed by atoms with van der Waals surface area (Å²) < 4.78 is 0. The number of allylic oxidation sites excluding steroid dienone is 16. The average Bonchev–Trinajstić information content (AvgIpc) is 3.53. The van der Waals surface area contributed by atoms with Crippen LogP contribution in [0.3, 0.4) is 0 Å². The Morgan fingerprint density at radius 3 is 2.64 bits per heavy atom. The Bertz CT molecular complexity index is 1850. The van der Waals surface area contributed by atoms with E-state index in [1.807, 2.05) is 5.57 Å². The summed E-state index contributed by atoms with van der Waals surface area (Å²) in [5.41, 5.74) is 14.6. The summed E-state index contributed by atoms with van der Waals surface area (Å²) in [6.45, 7) is 2.43. The maximum absolute atomic E-state index is 2.82. The second-order valence-corrected chi connectivity index (χ2v) is 17.2. The lowest BCUT2D eigenvalue weighted by Gasteiger charge is -2.49. The third-order valence-corrected chi connectivity index (χ3v) is 14.6. The topological polar surface area (TPSA) is 3.24 Å². The molecule has 0 N–H and O–H groups in total. The fourth-order valence-corrected chi connectivity index (χ4v) is 12.4. The number of benzene rings is 1. The van der Waals surface area contributed by atoms with Gasteiger partial charge in [0.1, 0.15) is 0 Å². The molecule has 256 valence electrons. The summed E-state index contributed by atoms with van der Waals surface area (Å²) in [7, 11) is 0.